The van der Waals surface area contributed by atoms with Crippen LogP contribution < -0.4 is 0 Å². The highest BCUT2D eigenvalue weighted by Gasteiger charge is 2.36. The Morgan fingerprint density at radius 2 is 1.48 bits per heavy atom. The van der Waals surface area contributed by atoms with Crippen LogP contribution in [-0.2, 0) is 6.18 Å². The molecule has 5 nitrogen and oxygen atoms in total. The molecular weight excluding hydrogens is 458 g/mol. The number of alkyl halides is 3. The van der Waals surface area contributed by atoms with Crippen molar-refractivity contribution < 1.29 is 27.2 Å². The van der Waals surface area contributed by atoms with E-state index in [4.69, 9.17) is 0 Å². The van der Waals surface area contributed by atoms with Crippen molar-refractivity contribution in [2.45, 2.75) is 13.1 Å². The molecule has 1 saturated heterocycles. The Bertz CT molecular complexity index is 1180. The van der Waals surface area contributed by atoms with Crippen LogP contribution in [0.5, 0.6) is 0 Å². The predicted octanol–water partition coefficient (Wildman–Crippen LogP) is 4.87. The van der Waals surface area contributed by atoms with Crippen molar-refractivity contribution in [3.63, 3.8) is 0 Å². The van der Waals surface area contributed by atoms with Gasteiger partial charge in [-0.05, 0) is 43.3 Å². The van der Waals surface area contributed by atoms with Gasteiger partial charge in [0.25, 0.3) is 11.8 Å². The van der Waals surface area contributed by atoms with E-state index < -0.39 is 23.2 Å². The number of aryl methyl sites for hydroxylation is 1. The average molecular weight is 477 g/mol. The second kappa shape index (κ2) is 8.93. The first kappa shape index (κ1) is 22.9. The molecule has 0 saturated carbocycles. The number of nitrogens with zero attached hydrogens (tertiary/aromatic N) is 3. The van der Waals surface area contributed by atoms with E-state index in [2.05, 4.69) is 4.98 Å². The Labute approximate surface area is 191 Å². The number of hydrogen-bond acceptors (Lipinski definition) is 4. The molecule has 2 amide bonds. The third kappa shape index (κ3) is 4.75. The lowest BCUT2D eigenvalue weighted by atomic mass is 10.1. The molecule has 0 bridgehead atoms. The van der Waals surface area contributed by atoms with Gasteiger partial charge in [-0.25, -0.2) is 9.37 Å². The molecule has 172 valence electrons. The van der Waals surface area contributed by atoms with Gasteiger partial charge in [0.1, 0.15) is 15.7 Å². The van der Waals surface area contributed by atoms with Crippen molar-refractivity contribution in [3.8, 4) is 10.6 Å². The van der Waals surface area contributed by atoms with Crippen LogP contribution in [0, 0.1) is 12.7 Å². The maximum atomic E-state index is 13.3. The smallest absolute Gasteiger partial charge is 0.335 e. The summed E-state index contributed by atoms with van der Waals surface area (Å²) in [5.74, 6) is -1.32. The van der Waals surface area contributed by atoms with Gasteiger partial charge in [-0.15, -0.1) is 11.3 Å². The Kier molecular flexibility index (Phi) is 6.20. The van der Waals surface area contributed by atoms with E-state index in [0.29, 0.717) is 21.1 Å². The van der Waals surface area contributed by atoms with Crippen LogP contribution >= 0.6 is 11.3 Å². The minimum Gasteiger partial charge on any atom is -0.335 e. The van der Waals surface area contributed by atoms with E-state index in [0.717, 1.165) is 6.07 Å². The van der Waals surface area contributed by atoms with Crippen molar-refractivity contribution in [1.82, 2.24) is 14.8 Å². The molecular formula is C23H19F4N3O2S. The number of rotatable bonds is 3. The van der Waals surface area contributed by atoms with E-state index in [1.165, 1.54) is 46.6 Å². The average Bonchev–Trinajstić information content (AvgIpc) is 3.19. The van der Waals surface area contributed by atoms with Gasteiger partial charge >= 0.3 is 6.18 Å². The highest BCUT2D eigenvalue weighted by atomic mass is 32.1. The number of piperazine rings is 1. The molecule has 4 rings (SSSR count). The summed E-state index contributed by atoms with van der Waals surface area (Å²) in [6, 6.07) is 10.5. The molecule has 1 fully saturated rings. The number of carbonyl (C=O) groups excluding carboxylic acids is 2. The molecule has 1 aromatic heterocycles. The van der Waals surface area contributed by atoms with Crippen LogP contribution in [0.3, 0.4) is 0 Å². The summed E-state index contributed by atoms with van der Waals surface area (Å²) in [4.78, 5) is 33.5. The second-order valence-electron chi connectivity index (χ2n) is 7.57. The number of amides is 2. The zero-order valence-corrected chi connectivity index (χ0v) is 18.3. The quantitative estimate of drug-likeness (QED) is 0.506. The molecule has 0 aliphatic carbocycles. The minimum absolute atomic E-state index is 0.124. The van der Waals surface area contributed by atoms with Gasteiger partial charge in [0.05, 0.1) is 16.8 Å². The van der Waals surface area contributed by atoms with Gasteiger partial charge in [0, 0.05) is 31.7 Å². The fourth-order valence-corrected chi connectivity index (χ4v) is 4.69. The standard InChI is InChI=1S/C23H19F4N3O2S/c1-14-19(33-20(28-14)15-6-8-16(24)9-7-15)22(32)30-12-10-29(11-13-30)21(31)17-4-2-3-5-18(17)23(25,26)27/h2-9H,10-13H2,1H3. The minimum atomic E-state index is -4.63. The summed E-state index contributed by atoms with van der Waals surface area (Å²) in [5.41, 5.74) is -0.127. The molecule has 3 aromatic rings. The summed E-state index contributed by atoms with van der Waals surface area (Å²) >= 11 is 1.20. The Hall–Kier alpha value is -3.27. The fourth-order valence-electron chi connectivity index (χ4n) is 3.65. The van der Waals surface area contributed by atoms with Gasteiger partial charge in [0.15, 0.2) is 0 Å². The largest absolute Gasteiger partial charge is 0.417 e. The molecule has 10 heteroatoms. The normalized spacial score (nSPS) is 14.5. The Balaban J connectivity index is 1.45. The monoisotopic (exact) mass is 477 g/mol. The van der Waals surface area contributed by atoms with E-state index in [1.54, 1.807) is 24.0 Å². The third-order valence-electron chi connectivity index (χ3n) is 5.40. The summed E-state index contributed by atoms with van der Waals surface area (Å²) in [6.07, 6.45) is -4.63. The maximum Gasteiger partial charge on any atom is 0.417 e. The van der Waals surface area contributed by atoms with Crippen molar-refractivity contribution >= 4 is 23.2 Å². The molecule has 2 aromatic carbocycles. The second-order valence-corrected chi connectivity index (χ2v) is 8.57. The lowest BCUT2D eigenvalue weighted by molar-refractivity contribution is -0.138. The Morgan fingerprint density at radius 1 is 0.909 bits per heavy atom. The van der Waals surface area contributed by atoms with Gasteiger partial charge in [-0.3, -0.25) is 9.59 Å². The number of aromatic nitrogens is 1. The first-order valence-corrected chi connectivity index (χ1v) is 10.9. The van der Waals surface area contributed by atoms with Crippen LogP contribution in [0.2, 0.25) is 0 Å². The Morgan fingerprint density at radius 3 is 2.09 bits per heavy atom. The molecule has 0 N–H and O–H groups in total. The van der Waals surface area contributed by atoms with E-state index in [9.17, 15) is 27.2 Å². The zero-order chi connectivity index (χ0) is 23.8. The van der Waals surface area contributed by atoms with Crippen LogP contribution in [-0.4, -0.2) is 52.8 Å². The van der Waals surface area contributed by atoms with Crippen molar-refractivity contribution in [2.75, 3.05) is 26.2 Å². The van der Waals surface area contributed by atoms with Gasteiger partial charge in [0.2, 0.25) is 0 Å². The topological polar surface area (TPSA) is 53.5 Å². The van der Waals surface area contributed by atoms with E-state index in [1.807, 2.05) is 0 Å². The molecule has 0 unspecified atom stereocenters. The van der Waals surface area contributed by atoms with Gasteiger partial charge < -0.3 is 9.80 Å². The summed E-state index contributed by atoms with van der Waals surface area (Å²) in [6.45, 7) is 2.35. The molecule has 1 aliphatic rings. The van der Waals surface area contributed by atoms with E-state index in [-0.39, 0.29) is 37.9 Å². The number of thiazole rings is 1. The SMILES string of the molecule is Cc1nc(-c2ccc(F)cc2)sc1C(=O)N1CCN(C(=O)c2ccccc2C(F)(F)F)CC1. The summed E-state index contributed by atoms with van der Waals surface area (Å²) in [7, 11) is 0. The number of benzene rings is 2. The maximum absolute atomic E-state index is 13.3. The summed E-state index contributed by atoms with van der Waals surface area (Å²) < 4.78 is 53.0. The molecule has 0 atom stereocenters. The number of halogens is 4. The molecule has 33 heavy (non-hydrogen) atoms. The highest BCUT2D eigenvalue weighted by molar-refractivity contribution is 7.17. The van der Waals surface area contributed by atoms with Gasteiger partial charge in [-0.2, -0.15) is 13.2 Å². The van der Waals surface area contributed by atoms with Crippen molar-refractivity contribution in [2.24, 2.45) is 0 Å². The summed E-state index contributed by atoms with van der Waals surface area (Å²) in [5, 5.41) is 0.591. The fraction of sp³-hybridized carbons (Fsp3) is 0.261. The van der Waals surface area contributed by atoms with Gasteiger partial charge in [-0.1, -0.05) is 12.1 Å². The number of hydrogen-bond donors (Lipinski definition) is 0. The lowest BCUT2D eigenvalue weighted by Crippen LogP contribution is -2.50. The highest BCUT2D eigenvalue weighted by Crippen LogP contribution is 2.33. The van der Waals surface area contributed by atoms with Crippen LogP contribution in [0.25, 0.3) is 10.6 Å². The predicted molar refractivity (Wildman–Crippen MR) is 115 cm³/mol. The first-order chi connectivity index (χ1) is 15.6. The van der Waals surface area contributed by atoms with Crippen molar-refractivity contribution in [1.29, 1.82) is 0 Å². The molecule has 1 aliphatic heterocycles. The molecule has 0 radical (unpaired) electrons. The van der Waals surface area contributed by atoms with Crippen LogP contribution in [0.4, 0.5) is 17.6 Å². The molecule has 2 heterocycles. The molecule has 0 spiro atoms. The van der Waals surface area contributed by atoms with Crippen LogP contribution in [0.15, 0.2) is 48.5 Å². The lowest BCUT2D eigenvalue weighted by Gasteiger charge is -2.35. The number of carbonyl (C=O) groups is 2. The van der Waals surface area contributed by atoms with E-state index >= 15 is 0 Å². The van der Waals surface area contributed by atoms with Crippen LogP contribution in [0.1, 0.15) is 31.3 Å². The van der Waals surface area contributed by atoms with Crippen molar-refractivity contribution in [3.05, 3.63) is 76.0 Å². The third-order valence-corrected chi connectivity index (χ3v) is 6.59. The first-order valence-electron chi connectivity index (χ1n) is 10.1. The zero-order valence-electron chi connectivity index (χ0n) is 17.5.